The molecule has 0 radical (unpaired) electrons. The highest BCUT2D eigenvalue weighted by Gasteiger charge is 2.23. The molecule has 0 saturated heterocycles. The monoisotopic (exact) mass is 401 g/mol. The lowest BCUT2D eigenvalue weighted by Gasteiger charge is -2.16. The number of fused-ring (bicyclic) bond motifs is 3. The fourth-order valence-corrected chi connectivity index (χ4v) is 5.88. The third-order valence-corrected chi connectivity index (χ3v) is 8.00. The maximum Gasteiger partial charge on any atom is 0.144 e. The van der Waals surface area contributed by atoms with E-state index in [1.54, 1.807) is 0 Å². The number of pyridine rings is 1. The maximum absolute atomic E-state index is 6.56. The Morgan fingerprint density at radius 1 is 0.931 bits per heavy atom. The predicted octanol–water partition coefficient (Wildman–Crippen LogP) is 7.49. The number of hydrogen-bond acceptors (Lipinski definition) is 2. The van der Waals surface area contributed by atoms with E-state index in [4.69, 9.17) is 9.40 Å². The summed E-state index contributed by atoms with van der Waals surface area (Å²) in [6, 6.07) is 17.5. The van der Waals surface area contributed by atoms with Gasteiger partial charge < -0.3 is 4.42 Å². The molecule has 29 heavy (non-hydrogen) atoms. The topological polar surface area (TPSA) is 26.0 Å². The van der Waals surface area contributed by atoms with Gasteiger partial charge in [0.05, 0.1) is 13.8 Å². The van der Waals surface area contributed by atoms with Crippen LogP contribution in [0, 0.1) is 0 Å². The first-order valence-electron chi connectivity index (χ1n) is 10.8. The van der Waals surface area contributed by atoms with Gasteiger partial charge in [-0.3, -0.25) is 4.98 Å². The van der Waals surface area contributed by atoms with Crippen LogP contribution in [0.1, 0.15) is 44.6 Å². The third-order valence-electron chi connectivity index (χ3n) is 5.99. The first-order chi connectivity index (χ1) is 13.9. The molecule has 4 aromatic rings. The molecule has 2 nitrogen and oxygen atoms in total. The second-order valence-electron chi connectivity index (χ2n) is 9.08. The Balaban J connectivity index is 1.92. The molecule has 1 unspecified atom stereocenters. The number of rotatable bonds is 6. The number of benzene rings is 2. The zero-order valence-electron chi connectivity index (χ0n) is 18.3. The van der Waals surface area contributed by atoms with E-state index in [0.29, 0.717) is 5.92 Å². The number of nitrogens with zero attached hydrogens (tertiary/aromatic N) is 1. The molecule has 0 fully saturated rings. The normalized spacial score (nSPS) is 13.3. The molecule has 150 valence electrons. The Kier molecular flexibility index (Phi) is 5.35. The lowest BCUT2D eigenvalue weighted by Crippen LogP contribution is -2.37. The van der Waals surface area contributed by atoms with Crippen molar-refractivity contribution < 1.29 is 4.42 Å². The second-order valence-corrected chi connectivity index (χ2v) is 14.1. The lowest BCUT2D eigenvalue weighted by atomic mass is 9.91. The molecular formula is C26H31NOSi. The summed E-state index contributed by atoms with van der Waals surface area (Å²) in [6.07, 6.45) is 5.53. The highest BCUT2D eigenvalue weighted by molar-refractivity contribution is 6.90. The fraction of sp³-hybridized carbons (Fsp3) is 0.346. The third kappa shape index (κ3) is 3.64. The van der Waals surface area contributed by atoms with Crippen molar-refractivity contribution in [2.24, 2.45) is 0 Å². The van der Waals surface area contributed by atoms with Gasteiger partial charge in [-0.15, -0.1) is 0 Å². The SMILES string of the molecule is CCCC(CC)c1ccnc(-c2cccc3c2oc2c([Si](C)(C)C)cccc23)c1. The molecule has 2 heterocycles. The lowest BCUT2D eigenvalue weighted by molar-refractivity contribution is 0.595. The van der Waals surface area contributed by atoms with Crippen molar-refractivity contribution in [3.8, 4) is 11.3 Å². The number of hydrogen-bond donors (Lipinski definition) is 0. The van der Waals surface area contributed by atoms with Crippen molar-refractivity contribution in [1.82, 2.24) is 4.98 Å². The zero-order valence-corrected chi connectivity index (χ0v) is 19.3. The van der Waals surface area contributed by atoms with E-state index in [0.717, 1.165) is 28.8 Å². The van der Waals surface area contributed by atoms with Gasteiger partial charge in [-0.05, 0) is 47.7 Å². The van der Waals surface area contributed by atoms with Gasteiger partial charge in [0, 0.05) is 22.5 Å². The Bertz CT molecular complexity index is 1150. The maximum atomic E-state index is 6.56. The molecule has 3 heteroatoms. The van der Waals surface area contributed by atoms with E-state index in [9.17, 15) is 0 Å². The van der Waals surface area contributed by atoms with E-state index in [1.807, 2.05) is 6.20 Å². The van der Waals surface area contributed by atoms with Gasteiger partial charge in [-0.1, -0.05) is 70.2 Å². The molecule has 0 bridgehead atoms. The Hall–Kier alpha value is -2.39. The fourth-order valence-electron chi connectivity index (χ4n) is 4.42. The van der Waals surface area contributed by atoms with Crippen LogP contribution in [-0.2, 0) is 0 Å². The smallest absolute Gasteiger partial charge is 0.144 e. The van der Waals surface area contributed by atoms with Crippen LogP contribution in [0.4, 0.5) is 0 Å². The second kappa shape index (κ2) is 7.79. The first kappa shape index (κ1) is 19.9. The van der Waals surface area contributed by atoms with Crippen LogP contribution >= 0.6 is 0 Å². The summed E-state index contributed by atoms with van der Waals surface area (Å²) in [4.78, 5) is 4.73. The minimum absolute atomic E-state index is 0.593. The molecule has 2 aromatic carbocycles. The quantitative estimate of drug-likeness (QED) is 0.313. The van der Waals surface area contributed by atoms with Gasteiger partial charge in [-0.2, -0.15) is 0 Å². The van der Waals surface area contributed by atoms with Crippen LogP contribution in [0.3, 0.4) is 0 Å². The summed E-state index contributed by atoms with van der Waals surface area (Å²) in [6.45, 7) is 11.7. The molecule has 2 aromatic heterocycles. The van der Waals surface area contributed by atoms with Crippen molar-refractivity contribution in [2.75, 3.05) is 0 Å². The molecule has 0 aliphatic rings. The van der Waals surface area contributed by atoms with Crippen molar-refractivity contribution in [1.29, 1.82) is 0 Å². The molecule has 1 atom stereocenters. The van der Waals surface area contributed by atoms with Gasteiger partial charge in [0.25, 0.3) is 0 Å². The predicted molar refractivity (Wildman–Crippen MR) is 128 cm³/mol. The number of aromatic nitrogens is 1. The first-order valence-corrected chi connectivity index (χ1v) is 14.3. The van der Waals surface area contributed by atoms with Crippen LogP contribution in [0.15, 0.2) is 59.1 Å². The summed E-state index contributed by atoms with van der Waals surface area (Å²) in [5.41, 5.74) is 5.50. The highest BCUT2D eigenvalue weighted by atomic mass is 28.3. The van der Waals surface area contributed by atoms with Gasteiger partial charge in [0.2, 0.25) is 0 Å². The van der Waals surface area contributed by atoms with E-state index < -0.39 is 8.07 Å². The van der Waals surface area contributed by atoms with Gasteiger partial charge in [0.1, 0.15) is 11.2 Å². The molecule has 0 amide bonds. The van der Waals surface area contributed by atoms with E-state index in [-0.39, 0.29) is 0 Å². The summed E-state index contributed by atoms with van der Waals surface area (Å²) >= 11 is 0. The van der Waals surface area contributed by atoms with Crippen LogP contribution in [-0.4, -0.2) is 13.1 Å². The molecule has 0 aliphatic carbocycles. The van der Waals surface area contributed by atoms with Crippen LogP contribution in [0.25, 0.3) is 33.2 Å². The molecule has 0 spiro atoms. The molecule has 0 N–H and O–H groups in total. The minimum atomic E-state index is -1.50. The largest absolute Gasteiger partial charge is 0.455 e. The number of furan rings is 1. The molecule has 0 aliphatic heterocycles. The van der Waals surface area contributed by atoms with E-state index in [2.05, 4.69) is 82.0 Å². The molecular weight excluding hydrogens is 370 g/mol. The van der Waals surface area contributed by atoms with E-state index >= 15 is 0 Å². The average Bonchev–Trinajstić information content (AvgIpc) is 3.10. The zero-order chi connectivity index (χ0) is 20.6. The summed E-state index contributed by atoms with van der Waals surface area (Å²) in [5.74, 6) is 0.593. The Morgan fingerprint density at radius 3 is 2.34 bits per heavy atom. The van der Waals surface area contributed by atoms with Crippen molar-refractivity contribution in [3.63, 3.8) is 0 Å². The van der Waals surface area contributed by atoms with Gasteiger partial charge in [-0.25, -0.2) is 0 Å². The minimum Gasteiger partial charge on any atom is -0.455 e. The highest BCUT2D eigenvalue weighted by Crippen LogP contribution is 2.36. The Labute approximate surface area is 175 Å². The van der Waals surface area contributed by atoms with Gasteiger partial charge >= 0.3 is 0 Å². The average molecular weight is 402 g/mol. The Morgan fingerprint density at radius 2 is 1.66 bits per heavy atom. The van der Waals surface area contributed by atoms with Crippen LogP contribution in [0.2, 0.25) is 19.6 Å². The van der Waals surface area contributed by atoms with Crippen LogP contribution in [0.5, 0.6) is 0 Å². The number of para-hydroxylation sites is 2. The summed E-state index contributed by atoms with van der Waals surface area (Å²) in [7, 11) is -1.50. The van der Waals surface area contributed by atoms with E-state index in [1.165, 1.54) is 34.4 Å². The standard InChI is InChI=1S/C26H31NOSi/c1-6-10-18(7-2)19-15-16-27-23(17-19)22-13-8-11-20-21-12-9-14-24(29(3,4)5)26(21)28-25(20)22/h8-9,11-18H,6-7,10H2,1-5H3. The van der Waals surface area contributed by atoms with Crippen molar-refractivity contribution in [2.45, 2.75) is 58.7 Å². The van der Waals surface area contributed by atoms with Crippen LogP contribution < -0.4 is 5.19 Å². The summed E-state index contributed by atoms with van der Waals surface area (Å²) < 4.78 is 6.56. The van der Waals surface area contributed by atoms with Crippen molar-refractivity contribution >= 4 is 35.2 Å². The summed E-state index contributed by atoms with van der Waals surface area (Å²) in [5, 5.41) is 3.79. The van der Waals surface area contributed by atoms with Crippen molar-refractivity contribution in [3.05, 3.63) is 60.3 Å². The molecule has 0 saturated carbocycles. The molecule has 4 rings (SSSR count). The van der Waals surface area contributed by atoms with Gasteiger partial charge in [0.15, 0.2) is 0 Å².